The lowest BCUT2D eigenvalue weighted by atomic mass is 9.82. The Morgan fingerprint density at radius 2 is 2.44 bits per heavy atom. The second-order valence-electron chi connectivity index (χ2n) is 5.05. The Hall–Kier alpha value is -1.10. The van der Waals surface area contributed by atoms with Crippen molar-refractivity contribution in [3.63, 3.8) is 0 Å². The molecule has 0 bridgehead atoms. The number of esters is 1. The molecular formula is C13H20N2O2S. The van der Waals surface area contributed by atoms with Crippen LogP contribution in [0.25, 0.3) is 0 Å². The summed E-state index contributed by atoms with van der Waals surface area (Å²) in [6.45, 7) is 3.28. The summed E-state index contributed by atoms with van der Waals surface area (Å²) >= 11 is 1.46. The Balaban J connectivity index is 1.82. The summed E-state index contributed by atoms with van der Waals surface area (Å²) in [5, 5.41) is 5.88. The lowest BCUT2D eigenvalue weighted by molar-refractivity contribution is 0.0595. The van der Waals surface area contributed by atoms with Gasteiger partial charge in [0, 0.05) is 11.9 Å². The molecule has 4 nitrogen and oxygen atoms in total. The Labute approximate surface area is 112 Å². The molecular weight excluding hydrogens is 248 g/mol. The van der Waals surface area contributed by atoms with Crippen LogP contribution in [0.5, 0.6) is 0 Å². The topological polar surface area (TPSA) is 51.2 Å². The number of carbonyl (C=O) groups excluding carboxylic acids is 1. The molecule has 1 saturated carbocycles. The molecule has 0 radical (unpaired) electrons. The number of aromatic nitrogens is 1. The van der Waals surface area contributed by atoms with Crippen LogP contribution in [0.15, 0.2) is 5.38 Å². The first kappa shape index (κ1) is 13.3. The van der Waals surface area contributed by atoms with E-state index < -0.39 is 0 Å². The van der Waals surface area contributed by atoms with Gasteiger partial charge in [-0.05, 0) is 24.7 Å². The maximum absolute atomic E-state index is 11.3. The minimum atomic E-state index is -0.370. The molecule has 0 saturated heterocycles. The van der Waals surface area contributed by atoms with Crippen LogP contribution < -0.4 is 5.32 Å². The summed E-state index contributed by atoms with van der Waals surface area (Å²) in [5.41, 5.74) is 0.391. The highest BCUT2D eigenvalue weighted by Crippen LogP contribution is 2.29. The third-order valence-corrected chi connectivity index (χ3v) is 4.29. The summed E-state index contributed by atoms with van der Waals surface area (Å²) in [5.74, 6) is 1.21. The lowest BCUT2D eigenvalue weighted by Crippen LogP contribution is -2.21. The summed E-state index contributed by atoms with van der Waals surface area (Å²) in [7, 11) is 1.37. The minimum absolute atomic E-state index is 0.370. The quantitative estimate of drug-likeness (QED) is 0.852. The van der Waals surface area contributed by atoms with E-state index in [0.717, 1.165) is 23.5 Å². The molecule has 0 amide bonds. The fourth-order valence-electron chi connectivity index (χ4n) is 2.53. The Morgan fingerprint density at radius 3 is 3.17 bits per heavy atom. The standard InChI is InChI=1S/C13H20N2O2S/c1-9-4-3-5-10(6-9)7-14-13-15-11(8-18-13)12(16)17-2/h8-10H,3-7H2,1-2H3,(H,14,15). The third-order valence-electron chi connectivity index (χ3n) is 3.49. The molecule has 2 atom stereocenters. The zero-order valence-corrected chi connectivity index (χ0v) is 11.8. The number of nitrogens with zero attached hydrogens (tertiary/aromatic N) is 1. The van der Waals surface area contributed by atoms with Gasteiger partial charge in [0.1, 0.15) is 0 Å². The van der Waals surface area contributed by atoms with Crippen LogP contribution in [0.4, 0.5) is 5.13 Å². The van der Waals surface area contributed by atoms with Gasteiger partial charge in [0.2, 0.25) is 0 Å². The van der Waals surface area contributed by atoms with Gasteiger partial charge < -0.3 is 10.1 Å². The zero-order chi connectivity index (χ0) is 13.0. The molecule has 1 N–H and O–H groups in total. The van der Waals surface area contributed by atoms with E-state index in [1.165, 1.54) is 44.1 Å². The van der Waals surface area contributed by atoms with Crippen LogP contribution in [0, 0.1) is 11.8 Å². The molecule has 0 aromatic carbocycles. The van der Waals surface area contributed by atoms with Gasteiger partial charge in [-0.15, -0.1) is 11.3 Å². The van der Waals surface area contributed by atoms with Crippen molar-refractivity contribution in [2.24, 2.45) is 11.8 Å². The lowest BCUT2D eigenvalue weighted by Gasteiger charge is -2.26. The molecule has 1 aromatic heterocycles. The van der Waals surface area contributed by atoms with Crippen LogP contribution in [0.3, 0.4) is 0 Å². The molecule has 1 fully saturated rings. The highest BCUT2D eigenvalue weighted by Gasteiger charge is 2.19. The molecule has 0 spiro atoms. The van der Waals surface area contributed by atoms with Gasteiger partial charge in [0.25, 0.3) is 0 Å². The van der Waals surface area contributed by atoms with Crippen molar-refractivity contribution < 1.29 is 9.53 Å². The Kier molecular flexibility index (Phi) is 4.58. The fourth-order valence-corrected chi connectivity index (χ4v) is 3.22. The first-order chi connectivity index (χ1) is 8.69. The Morgan fingerprint density at radius 1 is 1.61 bits per heavy atom. The minimum Gasteiger partial charge on any atom is -0.464 e. The predicted molar refractivity (Wildman–Crippen MR) is 73.1 cm³/mol. The Bertz CT molecular complexity index is 405. The van der Waals surface area contributed by atoms with Crippen molar-refractivity contribution >= 4 is 22.4 Å². The smallest absolute Gasteiger partial charge is 0.357 e. The molecule has 1 aromatic rings. The number of anilines is 1. The van der Waals surface area contributed by atoms with Gasteiger partial charge in [-0.3, -0.25) is 0 Å². The fraction of sp³-hybridized carbons (Fsp3) is 0.692. The first-order valence-corrected chi connectivity index (χ1v) is 7.34. The molecule has 18 heavy (non-hydrogen) atoms. The number of methoxy groups -OCH3 is 1. The summed E-state index contributed by atoms with van der Waals surface area (Å²) in [4.78, 5) is 15.5. The number of ether oxygens (including phenoxy) is 1. The van der Waals surface area contributed by atoms with Crippen LogP contribution in [-0.2, 0) is 4.74 Å². The SMILES string of the molecule is COC(=O)c1csc(NCC2CCCC(C)C2)n1. The number of hydrogen-bond donors (Lipinski definition) is 1. The highest BCUT2D eigenvalue weighted by molar-refractivity contribution is 7.13. The van der Waals surface area contributed by atoms with E-state index in [4.69, 9.17) is 0 Å². The van der Waals surface area contributed by atoms with E-state index in [1.807, 2.05) is 0 Å². The van der Waals surface area contributed by atoms with Crippen molar-refractivity contribution in [1.82, 2.24) is 4.98 Å². The van der Waals surface area contributed by atoms with Gasteiger partial charge in [-0.1, -0.05) is 19.8 Å². The number of rotatable bonds is 4. The molecule has 5 heteroatoms. The second-order valence-corrected chi connectivity index (χ2v) is 5.91. The number of carbonyl (C=O) groups is 1. The second kappa shape index (κ2) is 6.18. The average molecular weight is 268 g/mol. The predicted octanol–water partition coefficient (Wildman–Crippen LogP) is 3.17. The van der Waals surface area contributed by atoms with Crippen molar-refractivity contribution in [2.45, 2.75) is 32.6 Å². The van der Waals surface area contributed by atoms with Crippen LogP contribution in [0.2, 0.25) is 0 Å². The van der Waals surface area contributed by atoms with E-state index in [1.54, 1.807) is 5.38 Å². The van der Waals surface area contributed by atoms with E-state index in [9.17, 15) is 4.79 Å². The van der Waals surface area contributed by atoms with Crippen LogP contribution in [0.1, 0.15) is 43.1 Å². The van der Waals surface area contributed by atoms with E-state index in [-0.39, 0.29) is 5.97 Å². The average Bonchev–Trinajstić information content (AvgIpc) is 2.84. The molecule has 2 rings (SSSR count). The summed E-state index contributed by atoms with van der Waals surface area (Å²) < 4.78 is 4.64. The summed E-state index contributed by atoms with van der Waals surface area (Å²) in [6.07, 6.45) is 5.29. The molecule has 1 heterocycles. The maximum Gasteiger partial charge on any atom is 0.357 e. The van der Waals surface area contributed by atoms with E-state index in [2.05, 4.69) is 22.0 Å². The van der Waals surface area contributed by atoms with Gasteiger partial charge in [0.05, 0.1) is 7.11 Å². The number of nitrogens with one attached hydrogen (secondary N) is 1. The van der Waals surface area contributed by atoms with E-state index in [0.29, 0.717) is 5.69 Å². The number of hydrogen-bond acceptors (Lipinski definition) is 5. The van der Waals surface area contributed by atoms with Gasteiger partial charge in [0.15, 0.2) is 10.8 Å². The largest absolute Gasteiger partial charge is 0.464 e. The maximum atomic E-state index is 11.3. The van der Waals surface area contributed by atoms with Crippen molar-refractivity contribution in [3.05, 3.63) is 11.1 Å². The molecule has 1 aliphatic rings. The van der Waals surface area contributed by atoms with Crippen LogP contribution in [-0.4, -0.2) is 24.6 Å². The third kappa shape index (κ3) is 3.45. The molecule has 2 unspecified atom stereocenters. The van der Waals surface area contributed by atoms with E-state index >= 15 is 0 Å². The van der Waals surface area contributed by atoms with Crippen molar-refractivity contribution in [1.29, 1.82) is 0 Å². The van der Waals surface area contributed by atoms with Crippen molar-refractivity contribution in [3.8, 4) is 0 Å². The van der Waals surface area contributed by atoms with Gasteiger partial charge in [-0.2, -0.15) is 0 Å². The molecule has 100 valence electrons. The van der Waals surface area contributed by atoms with Gasteiger partial charge in [-0.25, -0.2) is 9.78 Å². The highest BCUT2D eigenvalue weighted by atomic mass is 32.1. The first-order valence-electron chi connectivity index (χ1n) is 6.46. The monoisotopic (exact) mass is 268 g/mol. The number of thiazole rings is 1. The normalized spacial score (nSPS) is 23.7. The van der Waals surface area contributed by atoms with Gasteiger partial charge >= 0.3 is 5.97 Å². The van der Waals surface area contributed by atoms with Crippen LogP contribution >= 0.6 is 11.3 Å². The molecule has 0 aliphatic heterocycles. The molecule has 1 aliphatic carbocycles. The van der Waals surface area contributed by atoms with Crippen molar-refractivity contribution in [2.75, 3.05) is 19.0 Å². The zero-order valence-electron chi connectivity index (χ0n) is 10.9. The summed E-state index contributed by atoms with van der Waals surface area (Å²) in [6, 6.07) is 0.